The van der Waals surface area contributed by atoms with Crippen LogP contribution in [-0.4, -0.2) is 41.1 Å². The first-order valence-electron chi connectivity index (χ1n) is 9.00. The Labute approximate surface area is 152 Å². The van der Waals surface area contributed by atoms with E-state index in [4.69, 9.17) is 5.21 Å². The van der Waals surface area contributed by atoms with Gasteiger partial charge in [0.15, 0.2) is 0 Å². The highest BCUT2D eigenvalue weighted by Gasteiger charge is 2.21. The maximum atomic E-state index is 11.5. The zero-order valence-electron chi connectivity index (χ0n) is 14.8. The Kier molecular flexibility index (Phi) is 4.49. The number of likely N-dealkylation sites (tertiary alicyclic amines) is 1. The van der Waals surface area contributed by atoms with E-state index in [1.165, 1.54) is 29.3 Å². The van der Waals surface area contributed by atoms with Gasteiger partial charge in [0.05, 0.1) is 0 Å². The van der Waals surface area contributed by atoms with Crippen molar-refractivity contribution in [2.24, 2.45) is 0 Å². The Hall–Kier alpha value is -2.63. The second-order valence-corrected chi connectivity index (χ2v) is 7.10. The highest BCUT2D eigenvalue weighted by atomic mass is 16.5. The minimum absolute atomic E-state index is 0.436. The van der Waals surface area contributed by atoms with Crippen LogP contribution < -0.4 is 5.48 Å². The highest BCUT2D eigenvalue weighted by Crippen LogP contribution is 2.34. The van der Waals surface area contributed by atoms with Gasteiger partial charge in [-0.3, -0.25) is 10.0 Å². The van der Waals surface area contributed by atoms with E-state index in [1.807, 2.05) is 12.1 Å². The number of hydroxylamine groups is 1. The molecule has 5 nitrogen and oxygen atoms in total. The summed E-state index contributed by atoms with van der Waals surface area (Å²) in [6.07, 6.45) is 4.55. The fourth-order valence-electron chi connectivity index (χ4n) is 3.86. The first-order valence-corrected chi connectivity index (χ1v) is 9.00. The van der Waals surface area contributed by atoms with Crippen LogP contribution in [0.5, 0.6) is 0 Å². The van der Waals surface area contributed by atoms with E-state index in [0.717, 1.165) is 24.2 Å². The number of piperidine rings is 1. The molecule has 3 aromatic rings. The Balaban J connectivity index is 1.66. The molecule has 1 aromatic heterocycles. The minimum Gasteiger partial charge on any atom is -0.361 e. The molecule has 1 fully saturated rings. The predicted molar refractivity (Wildman–Crippen MR) is 102 cm³/mol. The van der Waals surface area contributed by atoms with Crippen molar-refractivity contribution in [1.29, 1.82) is 0 Å². The molecule has 4 rings (SSSR count). The lowest BCUT2D eigenvalue weighted by atomic mass is 9.88. The molecular formula is C21H23N3O2. The van der Waals surface area contributed by atoms with Crippen molar-refractivity contribution in [2.75, 3.05) is 20.1 Å². The Bertz CT molecular complexity index is 922. The Morgan fingerprint density at radius 2 is 1.81 bits per heavy atom. The second-order valence-electron chi connectivity index (χ2n) is 7.10. The number of benzene rings is 2. The van der Waals surface area contributed by atoms with E-state index >= 15 is 0 Å². The van der Waals surface area contributed by atoms with Gasteiger partial charge in [0, 0.05) is 22.7 Å². The molecule has 0 radical (unpaired) electrons. The zero-order chi connectivity index (χ0) is 18.1. The molecule has 0 bridgehead atoms. The monoisotopic (exact) mass is 349 g/mol. The van der Waals surface area contributed by atoms with Gasteiger partial charge in [-0.15, -0.1) is 0 Å². The van der Waals surface area contributed by atoms with E-state index in [2.05, 4.69) is 41.3 Å². The van der Waals surface area contributed by atoms with Gasteiger partial charge < -0.3 is 9.88 Å². The van der Waals surface area contributed by atoms with Crippen LogP contribution in [0.3, 0.4) is 0 Å². The van der Waals surface area contributed by atoms with E-state index in [0.29, 0.717) is 11.5 Å². The molecule has 26 heavy (non-hydrogen) atoms. The summed E-state index contributed by atoms with van der Waals surface area (Å²) in [7, 11) is 2.18. The number of aromatic nitrogens is 1. The summed E-state index contributed by atoms with van der Waals surface area (Å²) in [5, 5.41) is 10.0. The lowest BCUT2D eigenvalue weighted by Crippen LogP contribution is -2.29. The van der Waals surface area contributed by atoms with Crippen LogP contribution in [0.25, 0.3) is 22.0 Å². The van der Waals surface area contributed by atoms with Crippen LogP contribution >= 0.6 is 0 Å². The third kappa shape index (κ3) is 3.11. The predicted octanol–water partition coefficient (Wildman–Crippen LogP) is 3.76. The van der Waals surface area contributed by atoms with Crippen LogP contribution in [0.1, 0.15) is 34.7 Å². The van der Waals surface area contributed by atoms with Gasteiger partial charge >= 0.3 is 0 Å². The van der Waals surface area contributed by atoms with E-state index < -0.39 is 5.91 Å². The van der Waals surface area contributed by atoms with Crippen LogP contribution in [-0.2, 0) is 0 Å². The number of rotatable bonds is 3. The summed E-state index contributed by atoms with van der Waals surface area (Å²) in [5.74, 6) is 0.105. The highest BCUT2D eigenvalue weighted by molar-refractivity contribution is 5.94. The number of hydrogen-bond donors (Lipinski definition) is 3. The maximum Gasteiger partial charge on any atom is 0.274 e. The average molecular weight is 349 g/mol. The number of fused-ring (bicyclic) bond motifs is 1. The standard InChI is InChI=1S/C21H23N3O2/c1-24-10-8-15(9-11-24)19-13-22-20-7-6-17(12-18(19)20)14-2-4-16(5-3-14)21(25)23-26/h2-7,12-13,15,22,26H,8-11H2,1H3,(H,23,25). The molecule has 1 amide bonds. The molecule has 0 aliphatic carbocycles. The van der Waals surface area contributed by atoms with Crippen molar-refractivity contribution in [3.05, 3.63) is 59.8 Å². The van der Waals surface area contributed by atoms with E-state index in [1.54, 1.807) is 17.6 Å². The molecule has 0 atom stereocenters. The molecule has 5 heteroatoms. The molecule has 1 saturated heterocycles. The number of carbonyl (C=O) groups excluding carboxylic acids is 1. The molecule has 2 heterocycles. The van der Waals surface area contributed by atoms with Gasteiger partial charge in [0.25, 0.3) is 5.91 Å². The van der Waals surface area contributed by atoms with Gasteiger partial charge in [0.1, 0.15) is 0 Å². The number of nitrogens with one attached hydrogen (secondary N) is 2. The zero-order valence-corrected chi connectivity index (χ0v) is 14.8. The number of amides is 1. The van der Waals surface area contributed by atoms with Gasteiger partial charge in [0.2, 0.25) is 0 Å². The summed E-state index contributed by atoms with van der Waals surface area (Å²) in [6.45, 7) is 2.29. The van der Waals surface area contributed by atoms with Crippen molar-refractivity contribution >= 4 is 16.8 Å². The van der Waals surface area contributed by atoms with Crippen LogP contribution in [0, 0.1) is 0 Å². The van der Waals surface area contributed by atoms with Crippen molar-refractivity contribution < 1.29 is 10.0 Å². The summed E-state index contributed by atoms with van der Waals surface area (Å²) in [6, 6.07) is 13.7. The molecule has 2 aromatic carbocycles. The van der Waals surface area contributed by atoms with Crippen molar-refractivity contribution in [3.8, 4) is 11.1 Å². The van der Waals surface area contributed by atoms with Gasteiger partial charge in [-0.25, -0.2) is 5.48 Å². The van der Waals surface area contributed by atoms with Crippen molar-refractivity contribution in [1.82, 2.24) is 15.4 Å². The Morgan fingerprint density at radius 1 is 1.12 bits per heavy atom. The molecule has 0 unspecified atom stereocenters. The lowest BCUT2D eigenvalue weighted by Gasteiger charge is -2.28. The van der Waals surface area contributed by atoms with E-state index in [9.17, 15) is 4.79 Å². The molecule has 1 aliphatic heterocycles. The SMILES string of the molecule is CN1CCC(c2c[nH]c3ccc(-c4ccc(C(=O)NO)cc4)cc23)CC1. The number of hydrogen-bond acceptors (Lipinski definition) is 3. The molecule has 1 aliphatic rings. The largest absolute Gasteiger partial charge is 0.361 e. The average Bonchev–Trinajstić information content (AvgIpc) is 3.11. The molecular weight excluding hydrogens is 326 g/mol. The smallest absolute Gasteiger partial charge is 0.274 e. The van der Waals surface area contributed by atoms with Crippen LogP contribution in [0.4, 0.5) is 0 Å². The minimum atomic E-state index is -0.498. The number of aromatic amines is 1. The number of nitrogens with zero attached hydrogens (tertiary/aromatic N) is 1. The Morgan fingerprint density at radius 3 is 2.50 bits per heavy atom. The fraction of sp³-hybridized carbons (Fsp3) is 0.286. The number of carbonyl (C=O) groups is 1. The van der Waals surface area contributed by atoms with Crippen molar-refractivity contribution in [2.45, 2.75) is 18.8 Å². The third-order valence-electron chi connectivity index (χ3n) is 5.45. The lowest BCUT2D eigenvalue weighted by molar-refractivity contribution is 0.0706. The van der Waals surface area contributed by atoms with Gasteiger partial charge in [-0.2, -0.15) is 0 Å². The number of H-pyrrole nitrogens is 1. The summed E-state index contributed by atoms with van der Waals surface area (Å²) < 4.78 is 0. The fourth-order valence-corrected chi connectivity index (χ4v) is 3.86. The van der Waals surface area contributed by atoms with Crippen molar-refractivity contribution in [3.63, 3.8) is 0 Å². The van der Waals surface area contributed by atoms with Crippen LogP contribution in [0.15, 0.2) is 48.7 Å². The first kappa shape index (κ1) is 16.8. The normalized spacial score (nSPS) is 16.1. The molecule has 134 valence electrons. The third-order valence-corrected chi connectivity index (χ3v) is 5.45. The quantitative estimate of drug-likeness (QED) is 0.498. The second kappa shape index (κ2) is 6.94. The van der Waals surface area contributed by atoms with E-state index in [-0.39, 0.29) is 0 Å². The summed E-state index contributed by atoms with van der Waals surface area (Å²) in [5.41, 5.74) is 6.85. The van der Waals surface area contributed by atoms with Crippen LogP contribution in [0.2, 0.25) is 0 Å². The molecule has 0 spiro atoms. The van der Waals surface area contributed by atoms with Gasteiger partial charge in [-0.05, 0) is 79.9 Å². The van der Waals surface area contributed by atoms with Gasteiger partial charge in [-0.1, -0.05) is 18.2 Å². The topological polar surface area (TPSA) is 68.4 Å². The summed E-state index contributed by atoms with van der Waals surface area (Å²) >= 11 is 0. The molecule has 3 N–H and O–H groups in total. The molecule has 0 saturated carbocycles. The summed E-state index contributed by atoms with van der Waals surface area (Å²) in [4.78, 5) is 17.3. The first-order chi connectivity index (χ1) is 12.7. The maximum absolute atomic E-state index is 11.5.